The van der Waals surface area contributed by atoms with Crippen LogP contribution in [0.5, 0.6) is 0 Å². The Labute approximate surface area is 332 Å². The van der Waals surface area contributed by atoms with Crippen LogP contribution in [-0.2, 0) is 0 Å². The highest BCUT2D eigenvalue weighted by molar-refractivity contribution is 6.15. The van der Waals surface area contributed by atoms with Crippen molar-refractivity contribution in [2.24, 2.45) is 0 Å². The van der Waals surface area contributed by atoms with E-state index in [1.807, 2.05) is 0 Å². The zero-order chi connectivity index (χ0) is 37.7. The van der Waals surface area contributed by atoms with Crippen LogP contribution in [0.1, 0.15) is 0 Å². The molecule has 0 saturated carbocycles. The molecule has 57 heavy (non-hydrogen) atoms. The van der Waals surface area contributed by atoms with E-state index in [1.165, 1.54) is 87.2 Å². The number of hydrogen-bond acceptors (Lipinski definition) is 1. The maximum absolute atomic E-state index is 2.42. The van der Waals surface area contributed by atoms with Crippen LogP contribution in [0.15, 0.2) is 224 Å². The lowest BCUT2D eigenvalue weighted by Crippen LogP contribution is -2.10. The van der Waals surface area contributed by atoms with Crippen LogP contribution in [0.25, 0.3) is 87.2 Å². The predicted molar refractivity (Wildman–Crippen MR) is 245 cm³/mol. The summed E-state index contributed by atoms with van der Waals surface area (Å²) < 4.78 is 0. The third-order valence-corrected chi connectivity index (χ3v) is 11.6. The second-order valence-electron chi connectivity index (χ2n) is 14.9. The van der Waals surface area contributed by atoms with Crippen molar-refractivity contribution in [2.45, 2.75) is 0 Å². The minimum absolute atomic E-state index is 1.10. The molecular formula is C56H37N. The number of nitrogens with zero attached hydrogens (tertiary/aromatic N) is 1. The molecule has 0 aliphatic rings. The zero-order valence-electron chi connectivity index (χ0n) is 31.3. The number of benzene rings is 11. The van der Waals surface area contributed by atoms with Gasteiger partial charge in [-0.15, -0.1) is 0 Å². The average molecular weight is 724 g/mol. The van der Waals surface area contributed by atoms with E-state index in [2.05, 4.69) is 229 Å². The normalized spacial score (nSPS) is 11.5. The quantitative estimate of drug-likeness (QED) is 0.154. The fraction of sp³-hybridized carbons (Fsp3) is 0. The van der Waals surface area contributed by atoms with Crippen LogP contribution in [-0.4, -0.2) is 0 Å². The largest absolute Gasteiger partial charge is 0.310 e. The second kappa shape index (κ2) is 13.7. The maximum atomic E-state index is 2.42. The van der Waals surface area contributed by atoms with Crippen LogP contribution in [0.2, 0.25) is 0 Å². The standard InChI is InChI=1S/C56H37N/c1-2-14-38(15-3-1)47-34-35-56(53-25-13-12-22-50(47)53)57(43-30-26-39(27-31-43)54-36-41-16-4-6-18-45(41)48-20-8-10-23-51(48)54)44-32-28-40(29-33-44)55-37-42-17-5-7-19-46(42)49-21-9-11-24-52(49)55/h1-37H. The molecule has 0 bridgehead atoms. The monoisotopic (exact) mass is 723 g/mol. The van der Waals surface area contributed by atoms with Crippen molar-refractivity contribution in [3.63, 3.8) is 0 Å². The van der Waals surface area contributed by atoms with Crippen molar-refractivity contribution < 1.29 is 0 Å². The van der Waals surface area contributed by atoms with Crippen LogP contribution in [0, 0.1) is 0 Å². The average Bonchev–Trinajstić information content (AvgIpc) is 3.29. The number of anilines is 3. The minimum Gasteiger partial charge on any atom is -0.310 e. The van der Waals surface area contributed by atoms with Crippen molar-refractivity contribution >= 4 is 70.9 Å². The molecule has 0 spiro atoms. The molecule has 0 atom stereocenters. The fourth-order valence-corrected chi connectivity index (χ4v) is 8.94. The van der Waals surface area contributed by atoms with Gasteiger partial charge in [-0.25, -0.2) is 0 Å². The molecule has 0 radical (unpaired) electrons. The van der Waals surface area contributed by atoms with Gasteiger partial charge in [0.05, 0.1) is 5.69 Å². The summed E-state index contributed by atoms with van der Waals surface area (Å²) in [5.74, 6) is 0. The summed E-state index contributed by atoms with van der Waals surface area (Å²) in [6, 6.07) is 82.0. The molecular weight excluding hydrogens is 687 g/mol. The van der Waals surface area contributed by atoms with Gasteiger partial charge in [-0.05, 0) is 124 Å². The molecule has 1 nitrogen and oxygen atoms in total. The summed E-state index contributed by atoms with van der Waals surface area (Å²) in [6.07, 6.45) is 0. The van der Waals surface area contributed by atoms with E-state index in [9.17, 15) is 0 Å². The van der Waals surface area contributed by atoms with Gasteiger partial charge in [0.1, 0.15) is 0 Å². The summed E-state index contributed by atoms with van der Waals surface area (Å²) in [4.78, 5) is 2.42. The van der Waals surface area contributed by atoms with Gasteiger partial charge < -0.3 is 4.90 Å². The van der Waals surface area contributed by atoms with Gasteiger partial charge in [0.25, 0.3) is 0 Å². The molecule has 0 aromatic heterocycles. The Morgan fingerprint density at radius 1 is 0.228 bits per heavy atom. The van der Waals surface area contributed by atoms with Gasteiger partial charge in [-0.1, -0.05) is 182 Å². The second-order valence-corrected chi connectivity index (χ2v) is 14.9. The van der Waals surface area contributed by atoms with E-state index in [4.69, 9.17) is 0 Å². The minimum atomic E-state index is 1.10. The Kier molecular flexibility index (Phi) is 7.89. The number of hydrogen-bond donors (Lipinski definition) is 0. The van der Waals surface area contributed by atoms with Crippen LogP contribution in [0.4, 0.5) is 17.1 Å². The molecule has 11 rings (SSSR count). The topological polar surface area (TPSA) is 3.24 Å². The van der Waals surface area contributed by atoms with Gasteiger partial charge in [-0.3, -0.25) is 0 Å². The molecule has 0 aliphatic carbocycles. The molecule has 0 aliphatic heterocycles. The van der Waals surface area contributed by atoms with Crippen LogP contribution >= 0.6 is 0 Å². The lowest BCUT2D eigenvalue weighted by Gasteiger charge is -2.28. The van der Waals surface area contributed by atoms with Crippen LogP contribution < -0.4 is 4.90 Å². The first kappa shape index (κ1) is 32.9. The van der Waals surface area contributed by atoms with E-state index in [0.717, 1.165) is 17.1 Å². The van der Waals surface area contributed by atoms with Crippen molar-refractivity contribution in [3.05, 3.63) is 224 Å². The third kappa shape index (κ3) is 5.63. The first-order valence-electron chi connectivity index (χ1n) is 19.7. The molecule has 1 heteroatoms. The van der Waals surface area contributed by atoms with Crippen molar-refractivity contribution in [1.29, 1.82) is 0 Å². The summed E-state index contributed by atoms with van der Waals surface area (Å²) in [7, 11) is 0. The zero-order valence-corrected chi connectivity index (χ0v) is 31.3. The smallest absolute Gasteiger partial charge is 0.0540 e. The highest BCUT2D eigenvalue weighted by atomic mass is 15.1. The summed E-state index contributed by atoms with van der Waals surface area (Å²) in [5.41, 5.74) is 10.7. The van der Waals surface area contributed by atoms with Gasteiger partial charge in [0.15, 0.2) is 0 Å². The Bertz CT molecular complexity index is 3110. The number of fused-ring (bicyclic) bond motifs is 7. The Hall–Kier alpha value is -7.48. The van der Waals surface area contributed by atoms with Crippen LogP contribution in [0.3, 0.4) is 0 Å². The molecule has 11 aromatic carbocycles. The molecule has 0 N–H and O–H groups in total. The first-order chi connectivity index (χ1) is 28.3. The maximum Gasteiger partial charge on any atom is 0.0540 e. The van der Waals surface area contributed by atoms with Gasteiger partial charge >= 0.3 is 0 Å². The molecule has 266 valence electrons. The lowest BCUT2D eigenvalue weighted by molar-refractivity contribution is 1.30. The fourth-order valence-electron chi connectivity index (χ4n) is 8.94. The molecule has 11 aromatic rings. The van der Waals surface area contributed by atoms with E-state index in [0.29, 0.717) is 0 Å². The first-order valence-corrected chi connectivity index (χ1v) is 19.7. The van der Waals surface area contributed by atoms with Gasteiger partial charge in [-0.2, -0.15) is 0 Å². The van der Waals surface area contributed by atoms with Gasteiger partial charge in [0.2, 0.25) is 0 Å². The highest BCUT2D eigenvalue weighted by Crippen LogP contribution is 2.44. The van der Waals surface area contributed by atoms with E-state index >= 15 is 0 Å². The predicted octanol–water partition coefficient (Wildman–Crippen LogP) is 15.9. The molecule has 0 heterocycles. The summed E-state index contributed by atoms with van der Waals surface area (Å²) in [6.45, 7) is 0. The Morgan fingerprint density at radius 3 is 1.09 bits per heavy atom. The lowest BCUT2D eigenvalue weighted by atomic mass is 9.92. The highest BCUT2D eigenvalue weighted by Gasteiger charge is 2.19. The SMILES string of the molecule is c1ccc(-c2ccc(N(c3ccc(-c4cc5ccccc5c5ccccc45)cc3)c3ccc(-c4cc5ccccc5c5ccccc45)cc3)c3ccccc23)cc1. The van der Waals surface area contributed by atoms with E-state index < -0.39 is 0 Å². The van der Waals surface area contributed by atoms with Crippen molar-refractivity contribution in [2.75, 3.05) is 4.90 Å². The molecule has 0 saturated heterocycles. The Balaban J connectivity index is 1.08. The van der Waals surface area contributed by atoms with Gasteiger partial charge in [0, 0.05) is 16.8 Å². The molecule has 0 unspecified atom stereocenters. The number of rotatable bonds is 6. The summed E-state index contributed by atoms with van der Waals surface area (Å²) >= 11 is 0. The Morgan fingerprint density at radius 2 is 0.596 bits per heavy atom. The molecule has 0 amide bonds. The van der Waals surface area contributed by atoms with Crippen molar-refractivity contribution in [1.82, 2.24) is 0 Å². The van der Waals surface area contributed by atoms with E-state index in [1.54, 1.807) is 0 Å². The van der Waals surface area contributed by atoms with Crippen molar-refractivity contribution in [3.8, 4) is 33.4 Å². The third-order valence-electron chi connectivity index (χ3n) is 11.6. The molecule has 0 fully saturated rings. The van der Waals surface area contributed by atoms with E-state index in [-0.39, 0.29) is 0 Å². The summed E-state index contributed by atoms with van der Waals surface area (Å²) in [5, 5.41) is 12.6.